The SMILES string of the molecule is Cc1cn(C2CNCC2O)nc1[N+](=O)[O-]. The van der Waals surface area contributed by atoms with Crippen molar-refractivity contribution in [3.63, 3.8) is 0 Å². The summed E-state index contributed by atoms with van der Waals surface area (Å²) in [6, 6.07) is -0.211. The molecular formula is C8H12N4O3. The first-order chi connectivity index (χ1) is 7.09. The highest BCUT2D eigenvalue weighted by atomic mass is 16.6. The van der Waals surface area contributed by atoms with E-state index in [-0.39, 0.29) is 11.9 Å². The molecule has 1 saturated heterocycles. The van der Waals surface area contributed by atoms with Crippen molar-refractivity contribution < 1.29 is 10.0 Å². The molecule has 2 atom stereocenters. The zero-order valence-electron chi connectivity index (χ0n) is 8.25. The van der Waals surface area contributed by atoms with Crippen LogP contribution >= 0.6 is 0 Å². The Kier molecular flexibility index (Phi) is 2.41. The van der Waals surface area contributed by atoms with Crippen LogP contribution in [-0.4, -0.2) is 39.0 Å². The summed E-state index contributed by atoms with van der Waals surface area (Å²) in [5.74, 6) is -0.144. The summed E-state index contributed by atoms with van der Waals surface area (Å²) in [5, 5.41) is 27.0. The van der Waals surface area contributed by atoms with Crippen LogP contribution < -0.4 is 5.32 Å². The topological polar surface area (TPSA) is 93.2 Å². The Balaban J connectivity index is 2.29. The number of nitro groups is 1. The maximum Gasteiger partial charge on any atom is 0.392 e. The maximum atomic E-state index is 10.6. The third kappa shape index (κ3) is 1.71. The van der Waals surface area contributed by atoms with Gasteiger partial charge in [0.2, 0.25) is 0 Å². The van der Waals surface area contributed by atoms with Gasteiger partial charge in [0.1, 0.15) is 6.04 Å². The van der Waals surface area contributed by atoms with Crippen molar-refractivity contribution in [2.75, 3.05) is 13.1 Å². The first-order valence-corrected chi connectivity index (χ1v) is 4.68. The zero-order chi connectivity index (χ0) is 11.0. The molecule has 1 fully saturated rings. The van der Waals surface area contributed by atoms with Crippen LogP contribution in [0, 0.1) is 17.0 Å². The molecule has 0 aliphatic carbocycles. The van der Waals surface area contributed by atoms with Crippen LogP contribution in [0.5, 0.6) is 0 Å². The average molecular weight is 212 g/mol. The molecule has 0 saturated carbocycles. The fourth-order valence-electron chi connectivity index (χ4n) is 1.74. The van der Waals surface area contributed by atoms with E-state index in [1.807, 2.05) is 0 Å². The van der Waals surface area contributed by atoms with Crippen molar-refractivity contribution in [1.82, 2.24) is 15.1 Å². The summed E-state index contributed by atoms with van der Waals surface area (Å²) in [4.78, 5) is 10.1. The third-order valence-electron chi connectivity index (χ3n) is 2.55. The van der Waals surface area contributed by atoms with Gasteiger partial charge in [-0.1, -0.05) is 0 Å². The van der Waals surface area contributed by atoms with Gasteiger partial charge in [-0.15, -0.1) is 0 Å². The quantitative estimate of drug-likeness (QED) is 0.514. The van der Waals surface area contributed by atoms with Crippen LogP contribution in [0.2, 0.25) is 0 Å². The summed E-state index contributed by atoms with van der Waals surface area (Å²) in [6.07, 6.45) is 1.06. The molecule has 0 amide bonds. The van der Waals surface area contributed by atoms with Gasteiger partial charge in [-0.05, 0) is 11.8 Å². The minimum atomic E-state index is -0.538. The highest BCUT2D eigenvalue weighted by Gasteiger charge is 2.31. The lowest BCUT2D eigenvalue weighted by atomic mass is 10.2. The molecule has 0 bridgehead atoms. The van der Waals surface area contributed by atoms with E-state index in [1.165, 1.54) is 4.68 Å². The molecule has 7 nitrogen and oxygen atoms in total. The first-order valence-electron chi connectivity index (χ1n) is 4.68. The fourth-order valence-corrected chi connectivity index (χ4v) is 1.74. The van der Waals surface area contributed by atoms with E-state index in [4.69, 9.17) is 0 Å². The van der Waals surface area contributed by atoms with Crippen molar-refractivity contribution in [1.29, 1.82) is 0 Å². The Hall–Kier alpha value is -1.47. The Bertz CT molecular complexity index is 389. The Labute approximate surface area is 85.9 Å². The minimum Gasteiger partial charge on any atom is -0.389 e. The van der Waals surface area contributed by atoms with Crippen LogP contribution in [0.4, 0.5) is 5.82 Å². The van der Waals surface area contributed by atoms with E-state index in [0.29, 0.717) is 18.7 Å². The van der Waals surface area contributed by atoms with Crippen LogP contribution in [0.1, 0.15) is 11.6 Å². The van der Waals surface area contributed by atoms with E-state index in [9.17, 15) is 15.2 Å². The van der Waals surface area contributed by atoms with E-state index in [0.717, 1.165) is 0 Å². The Morgan fingerprint density at radius 3 is 2.93 bits per heavy atom. The van der Waals surface area contributed by atoms with Crippen molar-refractivity contribution >= 4 is 5.82 Å². The van der Waals surface area contributed by atoms with Crippen LogP contribution in [-0.2, 0) is 0 Å². The van der Waals surface area contributed by atoms with Gasteiger partial charge in [0.05, 0.1) is 23.0 Å². The third-order valence-corrected chi connectivity index (χ3v) is 2.55. The number of nitrogens with one attached hydrogen (secondary N) is 1. The van der Waals surface area contributed by atoms with Crippen molar-refractivity contribution in [3.05, 3.63) is 21.9 Å². The summed E-state index contributed by atoms with van der Waals surface area (Å²) < 4.78 is 1.47. The number of aryl methyl sites for hydroxylation is 1. The van der Waals surface area contributed by atoms with Gasteiger partial charge in [0.15, 0.2) is 0 Å². The molecule has 0 spiro atoms. The number of aromatic nitrogens is 2. The average Bonchev–Trinajstić information content (AvgIpc) is 2.71. The van der Waals surface area contributed by atoms with Gasteiger partial charge in [-0.3, -0.25) is 0 Å². The molecule has 1 aliphatic heterocycles. The molecule has 2 N–H and O–H groups in total. The minimum absolute atomic E-state index is 0.144. The summed E-state index contributed by atoms with van der Waals surface area (Å²) in [5.41, 5.74) is 0.513. The monoisotopic (exact) mass is 212 g/mol. The summed E-state index contributed by atoms with van der Waals surface area (Å²) in [6.45, 7) is 2.72. The molecule has 7 heteroatoms. The Morgan fingerprint density at radius 2 is 2.47 bits per heavy atom. The number of hydrogen-bond donors (Lipinski definition) is 2. The number of β-amino-alcohol motifs (C(OH)–C–C–N with tert-alkyl or cyclic N) is 1. The van der Waals surface area contributed by atoms with Gasteiger partial charge in [-0.2, -0.15) is 4.68 Å². The van der Waals surface area contributed by atoms with Crippen molar-refractivity contribution in [3.8, 4) is 0 Å². The largest absolute Gasteiger partial charge is 0.392 e. The van der Waals surface area contributed by atoms with Crippen molar-refractivity contribution in [2.24, 2.45) is 0 Å². The second-order valence-electron chi connectivity index (χ2n) is 3.67. The van der Waals surface area contributed by atoms with Crippen molar-refractivity contribution in [2.45, 2.75) is 19.1 Å². The number of hydrogen-bond acceptors (Lipinski definition) is 5. The van der Waals surface area contributed by atoms with Crippen LogP contribution in [0.15, 0.2) is 6.20 Å². The number of aliphatic hydroxyl groups excluding tert-OH is 1. The summed E-state index contributed by atoms with van der Waals surface area (Å²) in [7, 11) is 0. The standard InChI is InChI=1S/C8H12N4O3/c1-5-4-11(10-8(5)12(14)15)6-2-9-3-7(6)13/h4,6-7,9,13H,2-3H2,1H3. The molecule has 0 aromatic carbocycles. The highest BCUT2D eigenvalue weighted by Crippen LogP contribution is 2.20. The molecular weight excluding hydrogens is 200 g/mol. The molecule has 1 aromatic heterocycles. The molecule has 0 radical (unpaired) electrons. The number of rotatable bonds is 2. The zero-order valence-corrected chi connectivity index (χ0v) is 8.25. The molecule has 1 aromatic rings. The first kappa shape index (κ1) is 10.1. The van der Waals surface area contributed by atoms with E-state index in [2.05, 4.69) is 10.4 Å². The molecule has 2 rings (SSSR count). The smallest absolute Gasteiger partial charge is 0.389 e. The predicted octanol–water partition coefficient (Wildman–Crippen LogP) is -0.395. The van der Waals surface area contributed by atoms with E-state index < -0.39 is 11.0 Å². The Morgan fingerprint density at radius 1 is 1.73 bits per heavy atom. The number of nitrogens with zero attached hydrogens (tertiary/aromatic N) is 3. The summed E-state index contributed by atoms with van der Waals surface area (Å²) >= 11 is 0. The second kappa shape index (κ2) is 3.59. The maximum absolute atomic E-state index is 10.6. The van der Waals surface area contributed by atoms with Crippen LogP contribution in [0.3, 0.4) is 0 Å². The molecule has 1 aliphatic rings. The molecule has 2 heterocycles. The fraction of sp³-hybridized carbons (Fsp3) is 0.625. The lowest BCUT2D eigenvalue weighted by Crippen LogP contribution is -2.22. The van der Waals surface area contributed by atoms with E-state index >= 15 is 0 Å². The molecule has 82 valence electrons. The normalized spacial score (nSPS) is 25.7. The highest BCUT2D eigenvalue weighted by molar-refractivity contribution is 5.28. The van der Waals surface area contributed by atoms with Crippen LogP contribution in [0.25, 0.3) is 0 Å². The second-order valence-corrected chi connectivity index (χ2v) is 3.67. The molecule has 15 heavy (non-hydrogen) atoms. The van der Waals surface area contributed by atoms with Gasteiger partial charge in [0.25, 0.3) is 0 Å². The van der Waals surface area contributed by atoms with Gasteiger partial charge in [-0.25, -0.2) is 0 Å². The van der Waals surface area contributed by atoms with Gasteiger partial charge in [0, 0.05) is 13.1 Å². The van der Waals surface area contributed by atoms with Gasteiger partial charge < -0.3 is 20.5 Å². The molecule has 2 unspecified atom stereocenters. The van der Waals surface area contributed by atoms with E-state index in [1.54, 1.807) is 13.1 Å². The van der Waals surface area contributed by atoms with Gasteiger partial charge >= 0.3 is 5.82 Å². The lowest BCUT2D eigenvalue weighted by molar-refractivity contribution is -0.390. The predicted molar refractivity (Wildman–Crippen MR) is 51.5 cm³/mol. The lowest BCUT2D eigenvalue weighted by Gasteiger charge is -2.09. The number of aliphatic hydroxyl groups is 1.